The SMILES string of the molecule is O/N=C1\CC2(CCCC2)Oc2ccccc21. The predicted octanol–water partition coefficient (Wildman–Crippen LogP) is 2.96. The molecule has 3 nitrogen and oxygen atoms in total. The number of hydrogen-bond donors (Lipinski definition) is 1. The van der Waals surface area contributed by atoms with Gasteiger partial charge in [-0.05, 0) is 37.8 Å². The van der Waals surface area contributed by atoms with Crippen molar-refractivity contribution < 1.29 is 9.94 Å². The Bertz CT molecular complexity index is 433. The molecule has 1 aromatic rings. The third-order valence-corrected chi connectivity index (χ3v) is 3.65. The van der Waals surface area contributed by atoms with Crippen LogP contribution in [-0.4, -0.2) is 16.5 Å². The van der Waals surface area contributed by atoms with Crippen molar-refractivity contribution in [2.75, 3.05) is 0 Å². The van der Waals surface area contributed by atoms with Gasteiger partial charge in [-0.2, -0.15) is 0 Å². The normalized spacial score (nSPS) is 24.4. The standard InChI is InChI=1S/C13H15NO2/c15-14-11-9-13(7-3-4-8-13)16-12-6-2-1-5-10(11)12/h1-2,5-6,15H,3-4,7-9H2/b14-11+. The first kappa shape index (κ1) is 9.70. The van der Waals surface area contributed by atoms with Gasteiger partial charge in [-0.1, -0.05) is 17.3 Å². The van der Waals surface area contributed by atoms with Crippen LogP contribution in [0.5, 0.6) is 5.75 Å². The lowest BCUT2D eigenvalue weighted by atomic mass is 9.88. The molecule has 1 saturated carbocycles. The smallest absolute Gasteiger partial charge is 0.129 e. The van der Waals surface area contributed by atoms with E-state index in [4.69, 9.17) is 9.94 Å². The molecule has 1 N–H and O–H groups in total. The number of nitrogens with zero attached hydrogens (tertiary/aromatic N) is 1. The van der Waals surface area contributed by atoms with Crippen molar-refractivity contribution in [1.82, 2.24) is 0 Å². The van der Waals surface area contributed by atoms with Crippen molar-refractivity contribution in [2.45, 2.75) is 37.7 Å². The van der Waals surface area contributed by atoms with Gasteiger partial charge in [-0.15, -0.1) is 0 Å². The summed E-state index contributed by atoms with van der Waals surface area (Å²) in [5.41, 5.74) is 1.60. The predicted molar refractivity (Wildman–Crippen MR) is 61.2 cm³/mol. The van der Waals surface area contributed by atoms with E-state index in [0.29, 0.717) is 0 Å². The van der Waals surface area contributed by atoms with Gasteiger partial charge < -0.3 is 9.94 Å². The fraction of sp³-hybridized carbons (Fsp3) is 0.462. The maximum absolute atomic E-state index is 9.11. The van der Waals surface area contributed by atoms with Crippen LogP contribution in [0.15, 0.2) is 29.4 Å². The number of rotatable bonds is 0. The average molecular weight is 217 g/mol. The highest BCUT2D eigenvalue weighted by Crippen LogP contribution is 2.42. The van der Waals surface area contributed by atoms with Crippen molar-refractivity contribution in [3.8, 4) is 5.75 Å². The Morgan fingerprint density at radius 3 is 2.69 bits per heavy atom. The minimum absolute atomic E-state index is 0.101. The lowest BCUT2D eigenvalue weighted by Crippen LogP contribution is -2.39. The third-order valence-electron chi connectivity index (χ3n) is 3.65. The molecule has 0 bridgehead atoms. The number of oxime groups is 1. The lowest BCUT2D eigenvalue weighted by Gasteiger charge is -2.35. The summed E-state index contributed by atoms with van der Waals surface area (Å²) in [4.78, 5) is 0. The highest BCUT2D eigenvalue weighted by Gasteiger charge is 2.41. The lowest BCUT2D eigenvalue weighted by molar-refractivity contribution is 0.0768. The van der Waals surface area contributed by atoms with Gasteiger partial charge in [-0.25, -0.2) is 0 Å². The van der Waals surface area contributed by atoms with Crippen molar-refractivity contribution >= 4 is 5.71 Å². The molecule has 1 fully saturated rings. The summed E-state index contributed by atoms with van der Waals surface area (Å²) in [6.07, 6.45) is 5.29. The second-order valence-electron chi connectivity index (χ2n) is 4.71. The highest BCUT2D eigenvalue weighted by atomic mass is 16.5. The third kappa shape index (κ3) is 1.39. The first-order valence-corrected chi connectivity index (χ1v) is 5.82. The summed E-state index contributed by atoms with van der Waals surface area (Å²) < 4.78 is 6.12. The number of para-hydroxylation sites is 1. The zero-order chi connectivity index (χ0) is 11.0. The second-order valence-corrected chi connectivity index (χ2v) is 4.71. The van der Waals surface area contributed by atoms with Crippen LogP contribution in [0.25, 0.3) is 0 Å². The Morgan fingerprint density at radius 1 is 1.19 bits per heavy atom. The van der Waals surface area contributed by atoms with Gasteiger partial charge in [0.05, 0.1) is 5.71 Å². The molecule has 1 heterocycles. The Balaban J connectivity index is 2.05. The molecule has 1 aliphatic heterocycles. The maximum atomic E-state index is 9.11. The second kappa shape index (κ2) is 3.51. The molecule has 2 aliphatic rings. The van der Waals surface area contributed by atoms with Crippen LogP contribution in [0.4, 0.5) is 0 Å². The zero-order valence-electron chi connectivity index (χ0n) is 9.15. The molecule has 0 atom stereocenters. The zero-order valence-corrected chi connectivity index (χ0v) is 9.15. The number of fused-ring (bicyclic) bond motifs is 1. The summed E-state index contributed by atoms with van der Waals surface area (Å²) in [6, 6.07) is 7.81. The molecule has 0 aromatic heterocycles. The van der Waals surface area contributed by atoms with E-state index in [2.05, 4.69) is 5.16 Å². The maximum Gasteiger partial charge on any atom is 0.129 e. The molecule has 1 aliphatic carbocycles. The van der Waals surface area contributed by atoms with E-state index in [1.807, 2.05) is 24.3 Å². The number of benzene rings is 1. The van der Waals surface area contributed by atoms with Crippen molar-refractivity contribution in [2.24, 2.45) is 5.16 Å². The molecule has 16 heavy (non-hydrogen) atoms. The Hall–Kier alpha value is -1.51. The van der Waals surface area contributed by atoms with E-state index in [9.17, 15) is 0 Å². The molecular formula is C13H15NO2. The van der Waals surface area contributed by atoms with E-state index >= 15 is 0 Å². The van der Waals surface area contributed by atoms with Gasteiger partial charge in [0.2, 0.25) is 0 Å². The van der Waals surface area contributed by atoms with Crippen LogP contribution in [0.2, 0.25) is 0 Å². The van der Waals surface area contributed by atoms with Crippen molar-refractivity contribution in [1.29, 1.82) is 0 Å². The van der Waals surface area contributed by atoms with E-state index < -0.39 is 0 Å². The molecule has 0 unspecified atom stereocenters. The monoisotopic (exact) mass is 217 g/mol. The van der Waals surface area contributed by atoms with Crippen LogP contribution in [0.1, 0.15) is 37.7 Å². The highest BCUT2D eigenvalue weighted by molar-refractivity contribution is 6.04. The Labute approximate surface area is 94.7 Å². The van der Waals surface area contributed by atoms with Crippen molar-refractivity contribution in [3.63, 3.8) is 0 Å². The fourth-order valence-electron chi connectivity index (χ4n) is 2.85. The average Bonchev–Trinajstić information content (AvgIpc) is 2.76. The summed E-state index contributed by atoms with van der Waals surface area (Å²) in [5, 5.41) is 12.6. The quantitative estimate of drug-likeness (QED) is 0.536. The van der Waals surface area contributed by atoms with Gasteiger partial charge in [-0.3, -0.25) is 0 Å². The molecular weight excluding hydrogens is 202 g/mol. The molecule has 0 radical (unpaired) electrons. The molecule has 1 aromatic carbocycles. The van der Waals surface area contributed by atoms with Crippen LogP contribution >= 0.6 is 0 Å². The molecule has 3 heteroatoms. The molecule has 0 saturated heterocycles. The van der Waals surface area contributed by atoms with Gasteiger partial charge in [0.25, 0.3) is 0 Å². The summed E-state index contributed by atoms with van der Waals surface area (Å²) >= 11 is 0. The van der Waals surface area contributed by atoms with Crippen LogP contribution < -0.4 is 4.74 Å². The Morgan fingerprint density at radius 2 is 1.94 bits per heavy atom. The number of hydrogen-bond acceptors (Lipinski definition) is 3. The molecule has 1 spiro atoms. The van der Waals surface area contributed by atoms with Crippen LogP contribution in [-0.2, 0) is 0 Å². The minimum Gasteiger partial charge on any atom is -0.486 e. The fourth-order valence-corrected chi connectivity index (χ4v) is 2.85. The largest absolute Gasteiger partial charge is 0.486 e. The van der Waals surface area contributed by atoms with Crippen molar-refractivity contribution in [3.05, 3.63) is 29.8 Å². The van der Waals surface area contributed by atoms with E-state index in [1.165, 1.54) is 12.8 Å². The number of ether oxygens (including phenoxy) is 1. The summed E-state index contributed by atoms with van der Waals surface area (Å²) in [5.74, 6) is 0.864. The first-order chi connectivity index (χ1) is 7.83. The molecule has 84 valence electrons. The topological polar surface area (TPSA) is 41.8 Å². The Kier molecular flexibility index (Phi) is 2.13. The summed E-state index contributed by atoms with van der Waals surface area (Å²) in [6.45, 7) is 0. The van der Waals surface area contributed by atoms with Crippen LogP contribution in [0.3, 0.4) is 0 Å². The van der Waals surface area contributed by atoms with Gasteiger partial charge in [0, 0.05) is 12.0 Å². The first-order valence-electron chi connectivity index (χ1n) is 5.82. The van der Waals surface area contributed by atoms with E-state index in [-0.39, 0.29) is 5.60 Å². The van der Waals surface area contributed by atoms with Gasteiger partial charge >= 0.3 is 0 Å². The summed E-state index contributed by atoms with van der Waals surface area (Å²) in [7, 11) is 0. The van der Waals surface area contributed by atoms with E-state index in [1.54, 1.807) is 0 Å². The minimum atomic E-state index is -0.101. The van der Waals surface area contributed by atoms with E-state index in [0.717, 1.165) is 36.3 Å². The molecule has 0 amide bonds. The van der Waals surface area contributed by atoms with Crippen LogP contribution in [0, 0.1) is 0 Å². The van der Waals surface area contributed by atoms with Gasteiger partial charge in [0.15, 0.2) is 0 Å². The van der Waals surface area contributed by atoms with Gasteiger partial charge in [0.1, 0.15) is 11.4 Å². The molecule has 3 rings (SSSR count).